The SMILES string of the molecule is O=C(COc1ccc2ccc(=O)oc2c1)NCc1cccc(Br)c1. The standard InChI is InChI=1S/C18H14BrNO4/c19-14-3-1-2-12(8-14)10-20-17(21)11-23-15-6-4-13-5-7-18(22)24-16(13)9-15/h1-9H,10-11H2,(H,20,21). The Morgan fingerprint density at radius 2 is 1.96 bits per heavy atom. The minimum absolute atomic E-state index is 0.115. The zero-order valence-electron chi connectivity index (χ0n) is 12.6. The first-order valence-corrected chi connectivity index (χ1v) is 8.07. The number of carbonyl (C=O) groups is 1. The molecular weight excluding hydrogens is 374 g/mol. The fourth-order valence-corrected chi connectivity index (χ4v) is 2.62. The third kappa shape index (κ3) is 4.23. The molecule has 0 aliphatic heterocycles. The molecule has 0 saturated heterocycles. The van der Waals surface area contributed by atoms with Gasteiger partial charge in [0, 0.05) is 28.5 Å². The van der Waals surface area contributed by atoms with Crippen molar-refractivity contribution in [2.24, 2.45) is 0 Å². The van der Waals surface area contributed by atoms with Gasteiger partial charge in [0.2, 0.25) is 0 Å². The van der Waals surface area contributed by atoms with Gasteiger partial charge >= 0.3 is 5.63 Å². The molecule has 0 atom stereocenters. The number of nitrogens with one attached hydrogen (secondary N) is 1. The van der Waals surface area contributed by atoms with Crippen molar-refractivity contribution in [3.63, 3.8) is 0 Å². The smallest absolute Gasteiger partial charge is 0.336 e. The van der Waals surface area contributed by atoms with Crippen molar-refractivity contribution in [1.82, 2.24) is 5.32 Å². The molecule has 3 rings (SSSR count). The molecule has 0 spiro atoms. The molecule has 24 heavy (non-hydrogen) atoms. The Hall–Kier alpha value is -2.60. The molecule has 1 N–H and O–H groups in total. The predicted octanol–water partition coefficient (Wildman–Crippen LogP) is 3.25. The highest BCUT2D eigenvalue weighted by molar-refractivity contribution is 9.10. The largest absolute Gasteiger partial charge is 0.484 e. The number of hydrogen-bond acceptors (Lipinski definition) is 4. The van der Waals surface area contributed by atoms with Gasteiger partial charge in [0.15, 0.2) is 6.61 Å². The van der Waals surface area contributed by atoms with Crippen LogP contribution >= 0.6 is 15.9 Å². The zero-order chi connectivity index (χ0) is 16.9. The second kappa shape index (κ2) is 7.31. The van der Waals surface area contributed by atoms with E-state index in [4.69, 9.17) is 9.15 Å². The number of fused-ring (bicyclic) bond motifs is 1. The summed E-state index contributed by atoms with van der Waals surface area (Å²) in [4.78, 5) is 23.1. The molecule has 1 aromatic heterocycles. The molecule has 0 aliphatic rings. The number of ether oxygens (including phenoxy) is 1. The van der Waals surface area contributed by atoms with Crippen LogP contribution in [0.1, 0.15) is 5.56 Å². The fourth-order valence-electron chi connectivity index (χ4n) is 2.18. The lowest BCUT2D eigenvalue weighted by Crippen LogP contribution is -2.28. The molecule has 6 heteroatoms. The summed E-state index contributed by atoms with van der Waals surface area (Å²) in [6.45, 7) is 0.310. The maximum atomic E-state index is 11.9. The summed E-state index contributed by atoms with van der Waals surface area (Å²) in [6, 6.07) is 15.8. The molecule has 5 nitrogen and oxygen atoms in total. The number of hydrogen-bond donors (Lipinski definition) is 1. The van der Waals surface area contributed by atoms with E-state index in [1.54, 1.807) is 24.3 Å². The number of rotatable bonds is 5. The van der Waals surface area contributed by atoms with Gasteiger partial charge in [0.1, 0.15) is 11.3 Å². The normalized spacial score (nSPS) is 10.5. The predicted molar refractivity (Wildman–Crippen MR) is 94.0 cm³/mol. The summed E-state index contributed by atoms with van der Waals surface area (Å²) in [5.41, 5.74) is 0.992. The van der Waals surface area contributed by atoms with E-state index in [2.05, 4.69) is 21.2 Å². The fraction of sp³-hybridized carbons (Fsp3) is 0.111. The molecule has 2 aromatic carbocycles. The van der Waals surface area contributed by atoms with Crippen molar-refractivity contribution >= 4 is 32.8 Å². The number of halogens is 1. The van der Waals surface area contributed by atoms with E-state index in [-0.39, 0.29) is 12.5 Å². The van der Waals surface area contributed by atoms with E-state index in [0.29, 0.717) is 17.9 Å². The number of amides is 1. The molecule has 0 bridgehead atoms. The lowest BCUT2D eigenvalue weighted by molar-refractivity contribution is -0.123. The lowest BCUT2D eigenvalue weighted by Gasteiger charge is -2.08. The summed E-state index contributed by atoms with van der Waals surface area (Å²) in [6.07, 6.45) is 0. The molecule has 0 aliphatic carbocycles. The Labute approximate surface area is 146 Å². The molecule has 122 valence electrons. The second-order valence-corrected chi connectivity index (χ2v) is 6.07. The highest BCUT2D eigenvalue weighted by atomic mass is 79.9. The van der Waals surface area contributed by atoms with Crippen LogP contribution in [0.15, 0.2) is 68.3 Å². The summed E-state index contributed by atoms with van der Waals surface area (Å²) < 4.78 is 11.5. The maximum Gasteiger partial charge on any atom is 0.336 e. The Morgan fingerprint density at radius 3 is 2.79 bits per heavy atom. The van der Waals surface area contributed by atoms with Crippen LogP contribution in [0.3, 0.4) is 0 Å². The maximum absolute atomic E-state index is 11.9. The third-order valence-electron chi connectivity index (χ3n) is 3.34. The minimum Gasteiger partial charge on any atom is -0.484 e. The van der Waals surface area contributed by atoms with Gasteiger partial charge in [-0.15, -0.1) is 0 Å². The van der Waals surface area contributed by atoms with Crippen molar-refractivity contribution in [3.05, 3.63) is 75.1 Å². The number of carbonyl (C=O) groups excluding carboxylic acids is 1. The highest BCUT2D eigenvalue weighted by Crippen LogP contribution is 2.19. The Morgan fingerprint density at radius 1 is 1.12 bits per heavy atom. The van der Waals surface area contributed by atoms with Gasteiger partial charge in [0.25, 0.3) is 5.91 Å². The molecule has 1 amide bonds. The monoisotopic (exact) mass is 387 g/mol. The molecule has 3 aromatic rings. The first-order chi connectivity index (χ1) is 11.6. The quantitative estimate of drug-likeness (QED) is 0.682. The summed E-state index contributed by atoms with van der Waals surface area (Å²) in [5, 5.41) is 3.58. The van der Waals surface area contributed by atoms with Gasteiger partial charge in [-0.2, -0.15) is 0 Å². The first-order valence-electron chi connectivity index (χ1n) is 7.28. The van der Waals surface area contributed by atoms with Crippen molar-refractivity contribution < 1.29 is 13.9 Å². The molecular formula is C18H14BrNO4. The highest BCUT2D eigenvalue weighted by Gasteiger charge is 2.05. The van der Waals surface area contributed by atoms with E-state index < -0.39 is 5.63 Å². The Balaban J connectivity index is 1.57. The van der Waals surface area contributed by atoms with Crippen molar-refractivity contribution in [3.8, 4) is 5.75 Å². The van der Waals surface area contributed by atoms with Crippen LogP contribution in [0.5, 0.6) is 5.75 Å². The number of benzene rings is 2. The Kier molecular flexibility index (Phi) is 4.96. The van der Waals surface area contributed by atoms with Gasteiger partial charge in [-0.25, -0.2) is 4.79 Å². The van der Waals surface area contributed by atoms with E-state index >= 15 is 0 Å². The lowest BCUT2D eigenvalue weighted by atomic mass is 10.2. The minimum atomic E-state index is -0.425. The molecule has 0 radical (unpaired) electrons. The van der Waals surface area contributed by atoms with Crippen LogP contribution < -0.4 is 15.7 Å². The van der Waals surface area contributed by atoms with E-state index in [0.717, 1.165) is 15.4 Å². The molecule has 0 fully saturated rings. The first kappa shape index (κ1) is 16.3. The van der Waals surface area contributed by atoms with Crippen molar-refractivity contribution in [2.75, 3.05) is 6.61 Å². The average Bonchev–Trinajstić information content (AvgIpc) is 2.58. The van der Waals surface area contributed by atoms with Crippen LogP contribution in [-0.2, 0) is 11.3 Å². The van der Waals surface area contributed by atoms with E-state index in [1.165, 1.54) is 6.07 Å². The van der Waals surface area contributed by atoms with Crippen LogP contribution in [0.25, 0.3) is 11.0 Å². The molecule has 0 unspecified atom stereocenters. The zero-order valence-corrected chi connectivity index (χ0v) is 14.2. The average molecular weight is 388 g/mol. The van der Waals surface area contributed by atoms with Crippen molar-refractivity contribution in [2.45, 2.75) is 6.54 Å². The van der Waals surface area contributed by atoms with E-state index in [1.807, 2.05) is 24.3 Å². The topological polar surface area (TPSA) is 68.5 Å². The summed E-state index contributed by atoms with van der Waals surface area (Å²) in [7, 11) is 0. The van der Waals surface area contributed by atoms with Gasteiger partial charge in [0.05, 0.1) is 0 Å². The summed E-state index contributed by atoms with van der Waals surface area (Å²) in [5.74, 6) is 0.235. The van der Waals surface area contributed by atoms with Crippen LogP contribution in [-0.4, -0.2) is 12.5 Å². The third-order valence-corrected chi connectivity index (χ3v) is 3.84. The van der Waals surface area contributed by atoms with Gasteiger partial charge in [-0.1, -0.05) is 28.1 Å². The van der Waals surface area contributed by atoms with Gasteiger partial charge in [-0.05, 0) is 35.9 Å². The summed E-state index contributed by atoms with van der Waals surface area (Å²) >= 11 is 3.39. The second-order valence-electron chi connectivity index (χ2n) is 5.15. The van der Waals surface area contributed by atoms with Gasteiger partial charge in [-0.3, -0.25) is 4.79 Å². The van der Waals surface area contributed by atoms with Crippen LogP contribution in [0.2, 0.25) is 0 Å². The Bertz CT molecular complexity index is 935. The molecule has 0 saturated carbocycles. The van der Waals surface area contributed by atoms with Gasteiger partial charge < -0.3 is 14.5 Å². The van der Waals surface area contributed by atoms with Crippen LogP contribution in [0.4, 0.5) is 0 Å². The van der Waals surface area contributed by atoms with Crippen molar-refractivity contribution in [1.29, 1.82) is 0 Å². The van der Waals surface area contributed by atoms with E-state index in [9.17, 15) is 9.59 Å². The van der Waals surface area contributed by atoms with Crippen LogP contribution in [0, 0.1) is 0 Å². The molecule has 1 heterocycles.